The molecule has 0 amide bonds. The van der Waals surface area contributed by atoms with Crippen LogP contribution < -0.4 is 9.47 Å². The molecule has 0 bridgehead atoms. The summed E-state index contributed by atoms with van der Waals surface area (Å²) >= 11 is 0. The van der Waals surface area contributed by atoms with Crippen LogP contribution in [-0.2, 0) is 6.42 Å². The number of benzene rings is 1. The van der Waals surface area contributed by atoms with Crippen molar-refractivity contribution in [2.75, 3.05) is 7.11 Å². The van der Waals surface area contributed by atoms with Crippen molar-refractivity contribution >= 4 is 0 Å². The van der Waals surface area contributed by atoms with Crippen LogP contribution in [-0.4, -0.2) is 22.2 Å². The van der Waals surface area contributed by atoms with Gasteiger partial charge in [0.15, 0.2) is 0 Å². The first-order chi connectivity index (χ1) is 14.6. The molecule has 1 aromatic carbocycles. The van der Waals surface area contributed by atoms with Gasteiger partial charge < -0.3 is 14.0 Å². The van der Waals surface area contributed by atoms with Crippen LogP contribution in [0.3, 0.4) is 0 Å². The number of hydrogen-bond donors (Lipinski definition) is 0. The number of hydrogen-bond acceptors (Lipinski definition) is 6. The topological polar surface area (TPSA) is 70.3 Å². The van der Waals surface area contributed by atoms with Crippen LogP contribution in [0.5, 0.6) is 11.6 Å². The molecular weight excluding hydrogens is 378 g/mol. The van der Waals surface area contributed by atoms with Gasteiger partial charge in [0.25, 0.3) is 5.89 Å². The molecule has 0 aliphatic heterocycles. The van der Waals surface area contributed by atoms with E-state index < -0.39 is 0 Å². The molecule has 157 valence electrons. The molecule has 6 heteroatoms. The predicted molar refractivity (Wildman–Crippen MR) is 115 cm³/mol. The van der Waals surface area contributed by atoms with Gasteiger partial charge in [-0.3, -0.25) is 0 Å². The Bertz CT molecular complexity index is 1020. The standard InChI is InChI=1S/C24H28N3O3/c1-5-16-12-19(11-15(3)22(16)29-6-2)24-26-23(27-30-24)18-13-20(17-9-7-8-10-17)25-21(14-18)28-4/h6,11-14,17H,5,7-10H2,1-4H3. The lowest BCUT2D eigenvalue weighted by Crippen LogP contribution is -2.00. The largest absolute Gasteiger partial charge is 0.486 e. The summed E-state index contributed by atoms with van der Waals surface area (Å²) in [6.45, 7) is 7.71. The van der Waals surface area contributed by atoms with E-state index in [2.05, 4.69) is 34.2 Å². The van der Waals surface area contributed by atoms with E-state index in [9.17, 15) is 0 Å². The van der Waals surface area contributed by atoms with Gasteiger partial charge in [-0.25, -0.2) is 4.98 Å². The SMILES string of the molecule is C[CH]Oc1c(C)cc(-c2nc(-c3cc(OC)nc(C4CCCC4)c3)no2)cc1CC. The molecule has 0 N–H and O–H groups in total. The van der Waals surface area contributed by atoms with E-state index in [1.54, 1.807) is 13.7 Å². The summed E-state index contributed by atoms with van der Waals surface area (Å²) in [4.78, 5) is 9.34. The molecule has 1 aliphatic rings. The molecular formula is C24H28N3O3. The number of aromatic nitrogens is 3. The van der Waals surface area contributed by atoms with Gasteiger partial charge in [0.1, 0.15) is 12.4 Å². The Hall–Kier alpha value is -2.89. The van der Waals surface area contributed by atoms with Crippen molar-refractivity contribution < 1.29 is 14.0 Å². The molecule has 1 fully saturated rings. The highest BCUT2D eigenvalue weighted by molar-refractivity contribution is 5.64. The van der Waals surface area contributed by atoms with E-state index in [0.717, 1.165) is 40.1 Å². The normalized spacial score (nSPS) is 14.3. The number of rotatable bonds is 7. The van der Waals surface area contributed by atoms with Gasteiger partial charge in [0.05, 0.1) is 7.11 Å². The van der Waals surface area contributed by atoms with Crippen LogP contribution in [0.25, 0.3) is 22.8 Å². The fourth-order valence-corrected chi connectivity index (χ4v) is 4.17. The first-order valence-electron chi connectivity index (χ1n) is 10.6. The van der Waals surface area contributed by atoms with Crippen LogP contribution in [0.4, 0.5) is 0 Å². The number of methoxy groups -OCH3 is 1. The fourth-order valence-electron chi connectivity index (χ4n) is 4.17. The molecule has 0 spiro atoms. The van der Waals surface area contributed by atoms with Gasteiger partial charge in [-0.1, -0.05) is 24.9 Å². The van der Waals surface area contributed by atoms with Gasteiger partial charge in [-0.15, -0.1) is 0 Å². The zero-order chi connectivity index (χ0) is 21.1. The molecule has 0 saturated heterocycles. The Morgan fingerprint density at radius 1 is 1.10 bits per heavy atom. The van der Waals surface area contributed by atoms with E-state index in [-0.39, 0.29) is 0 Å². The smallest absolute Gasteiger partial charge is 0.258 e. The van der Waals surface area contributed by atoms with Crippen molar-refractivity contribution in [1.29, 1.82) is 0 Å². The van der Waals surface area contributed by atoms with Crippen LogP contribution in [0.1, 0.15) is 62.3 Å². The summed E-state index contributed by atoms with van der Waals surface area (Å²) in [7, 11) is 1.64. The third kappa shape index (κ3) is 4.04. The van der Waals surface area contributed by atoms with Crippen LogP contribution in [0, 0.1) is 13.5 Å². The summed E-state index contributed by atoms with van der Waals surface area (Å²) in [5.74, 6) is 2.99. The molecule has 0 unspecified atom stereocenters. The van der Waals surface area contributed by atoms with Crippen LogP contribution >= 0.6 is 0 Å². The maximum Gasteiger partial charge on any atom is 0.258 e. The highest BCUT2D eigenvalue weighted by Crippen LogP contribution is 2.36. The second kappa shape index (κ2) is 8.86. The predicted octanol–water partition coefficient (Wildman–Crippen LogP) is 5.90. The van der Waals surface area contributed by atoms with Crippen molar-refractivity contribution in [3.63, 3.8) is 0 Å². The fraction of sp³-hybridized carbons (Fsp3) is 0.417. The number of aryl methyl sites for hydroxylation is 2. The van der Waals surface area contributed by atoms with Gasteiger partial charge >= 0.3 is 0 Å². The van der Waals surface area contributed by atoms with Crippen molar-refractivity contribution in [3.8, 4) is 34.5 Å². The van der Waals surface area contributed by atoms with Crippen molar-refractivity contribution in [3.05, 3.63) is 47.7 Å². The molecule has 0 atom stereocenters. The molecule has 6 nitrogen and oxygen atoms in total. The zero-order valence-corrected chi connectivity index (χ0v) is 18.1. The zero-order valence-electron chi connectivity index (χ0n) is 18.1. The maximum absolute atomic E-state index is 5.70. The van der Waals surface area contributed by atoms with Gasteiger partial charge in [0, 0.05) is 28.8 Å². The van der Waals surface area contributed by atoms with E-state index in [0.29, 0.717) is 23.5 Å². The Balaban J connectivity index is 1.69. The maximum atomic E-state index is 5.70. The molecule has 2 heterocycles. The summed E-state index contributed by atoms with van der Waals surface area (Å²) in [5.41, 5.74) is 4.96. The Morgan fingerprint density at radius 2 is 1.90 bits per heavy atom. The molecule has 30 heavy (non-hydrogen) atoms. The minimum Gasteiger partial charge on any atom is -0.486 e. The molecule has 4 rings (SSSR count). The second-order valence-corrected chi connectivity index (χ2v) is 7.72. The molecule has 1 saturated carbocycles. The highest BCUT2D eigenvalue weighted by atomic mass is 16.5. The first-order valence-corrected chi connectivity index (χ1v) is 10.6. The summed E-state index contributed by atoms with van der Waals surface area (Å²) in [5, 5.41) is 4.24. The number of nitrogens with zero attached hydrogens (tertiary/aromatic N) is 3. The van der Waals surface area contributed by atoms with Gasteiger partial charge in [-0.05, 0) is 62.4 Å². The third-order valence-electron chi connectivity index (χ3n) is 5.70. The number of pyridine rings is 1. The minimum absolute atomic E-state index is 0.475. The first kappa shape index (κ1) is 20.4. The Kier molecular flexibility index (Phi) is 6.02. The van der Waals surface area contributed by atoms with E-state index >= 15 is 0 Å². The third-order valence-corrected chi connectivity index (χ3v) is 5.70. The van der Waals surface area contributed by atoms with Crippen molar-refractivity contribution in [2.24, 2.45) is 0 Å². The lowest BCUT2D eigenvalue weighted by atomic mass is 10.0. The average molecular weight is 407 g/mol. The Labute approximate surface area is 177 Å². The molecule has 1 aliphatic carbocycles. The Morgan fingerprint density at radius 3 is 2.60 bits per heavy atom. The highest BCUT2D eigenvalue weighted by Gasteiger charge is 2.22. The molecule has 3 aromatic rings. The van der Waals surface area contributed by atoms with E-state index in [1.165, 1.54) is 25.7 Å². The second-order valence-electron chi connectivity index (χ2n) is 7.72. The average Bonchev–Trinajstić information content (AvgIpc) is 3.47. The van der Waals surface area contributed by atoms with Gasteiger partial charge in [-0.2, -0.15) is 4.98 Å². The van der Waals surface area contributed by atoms with Crippen LogP contribution in [0.2, 0.25) is 0 Å². The van der Waals surface area contributed by atoms with Crippen LogP contribution in [0.15, 0.2) is 28.8 Å². The van der Waals surface area contributed by atoms with Crippen molar-refractivity contribution in [1.82, 2.24) is 15.1 Å². The molecule has 1 radical (unpaired) electrons. The summed E-state index contributed by atoms with van der Waals surface area (Å²) < 4.78 is 16.8. The lowest BCUT2D eigenvalue weighted by Gasteiger charge is -2.12. The summed E-state index contributed by atoms with van der Waals surface area (Å²) in [6.07, 6.45) is 5.68. The lowest BCUT2D eigenvalue weighted by molar-refractivity contribution is 0.395. The van der Waals surface area contributed by atoms with Crippen molar-refractivity contribution in [2.45, 2.75) is 58.8 Å². The monoisotopic (exact) mass is 406 g/mol. The minimum atomic E-state index is 0.475. The van der Waals surface area contributed by atoms with Gasteiger partial charge in [0.2, 0.25) is 11.7 Å². The molecule has 2 aromatic heterocycles. The quantitative estimate of drug-likeness (QED) is 0.487. The van der Waals surface area contributed by atoms with E-state index in [4.69, 9.17) is 14.0 Å². The van der Waals surface area contributed by atoms with E-state index in [1.807, 2.05) is 26.0 Å². The number of ether oxygens (including phenoxy) is 2. The summed E-state index contributed by atoms with van der Waals surface area (Å²) in [6, 6.07) is 8.01.